The third-order valence-corrected chi connectivity index (χ3v) is 6.75. The Bertz CT molecular complexity index is 600. The second-order valence-electron chi connectivity index (χ2n) is 6.11. The summed E-state index contributed by atoms with van der Waals surface area (Å²) < 4.78 is 33.0. The summed E-state index contributed by atoms with van der Waals surface area (Å²) in [5, 5.41) is 3.40. The molecule has 22 heavy (non-hydrogen) atoms. The molecule has 2 aliphatic heterocycles. The van der Waals surface area contributed by atoms with Crippen molar-refractivity contribution in [3.63, 3.8) is 0 Å². The zero-order chi connectivity index (χ0) is 15.6. The number of benzene rings is 1. The van der Waals surface area contributed by atoms with E-state index in [2.05, 4.69) is 5.32 Å². The Morgan fingerprint density at radius 3 is 2.68 bits per heavy atom. The number of rotatable bonds is 3. The van der Waals surface area contributed by atoms with Crippen LogP contribution in [0.2, 0.25) is 0 Å². The van der Waals surface area contributed by atoms with E-state index >= 15 is 0 Å². The number of ether oxygens (including phenoxy) is 1. The summed E-state index contributed by atoms with van der Waals surface area (Å²) in [5.41, 5.74) is 0. The van der Waals surface area contributed by atoms with Crippen molar-refractivity contribution in [1.29, 1.82) is 0 Å². The van der Waals surface area contributed by atoms with Crippen LogP contribution in [0.15, 0.2) is 29.2 Å². The lowest BCUT2D eigenvalue weighted by Crippen LogP contribution is -2.50. The molecule has 0 unspecified atom stereocenters. The first kappa shape index (κ1) is 15.8. The van der Waals surface area contributed by atoms with E-state index in [0.29, 0.717) is 23.1 Å². The summed E-state index contributed by atoms with van der Waals surface area (Å²) in [5.74, 6) is 1.11. The number of nitrogens with one attached hydrogen (secondary N) is 1. The Labute approximate surface area is 132 Å². The van der Waals surface area contributed by atoms with Crippen molar-refractivity contribution in [2.75, 3.05) is 26.7 Å². The van der Waals surface area contributed by atoms with Gasteiger partial charge in [0.25, 0.3) is 0 Å². The van der Waals surface area contributed by atoms with E-state index in [-0.39, 0.29) is 6.04 Å². The minimum atomic E-state index is -3.43. The van der Waals surface area contributed by atoms with Gasteiger partial charge in [-0.05, 0) is 62.5 Å². The lowest BCUT2D eigenvalue weighted by molar-refractivity contribution is 0.203. The van der Waals surface area contributed by atoms with Crippen LogP contribution in [0.1, 0.15) is 25.7 Å². The van der Waals surface area contributed by atoms with Crippen LogP contribution in [0, 0.1) is 5.92 Å². The Balaban J connectivity index is 1.91. The number of hydrogen-bond acceptors (Lipinski definition) is 4. The molecule has 5 nitrogen and oxygen atoms in total. The highest BCUT2D eigenvalue weighted by Crippen LogP contribution is 2.31. The maximum atomic E-state index is 13.1. The molecule has 1 aromatic rings. The first-order chi connectivity index (χ1) is 10.6. The van der Waals surface area contributed by atoms with Crippen LogP contribution in [0.25, 0.3) is 0 Å². The van der Waals surface area contributed by atoms with E-state index < -0.39 is 10.0 Å². The molecule has 0 amide bonds. The molecule has 2 aliphatic rings. The van der Waals surface area contributed by atoms with Gasteiger partial charge in [0, 0.05) is 12.6 Å². The number of hydrogen-bond donors (Lipinski definition) is 1. The number of methoxy groups -OCH3 is 1. The fraction of sp³-hybridized carbons (Fsp3) is 0.625. The van der Waals surface area contributed by atoms with E-state index in [0.717, 1.165) is 38.8 Å². The van der Waals surface area contributed by atoms with E-state index in [1.54, 1.807) is 35.7 Å². The molecule has 0 aliphatic carbocycles. The van der Waals surface area contributed by atoms with Gasteiger partial charge >= 0.3 is 0 Å². The molecule has 2 fully saturated rings. The second kappa shape index (κ2) is 6.56. The van der Waals surface area contributed by atoms with Crippen LogP contribution >= 0.6 is 0 Å². The van der Waals surface area contributed by atoms with Gasteiger partial charge in [-0.15, -0.1) is 0 Å². The van der Waals surface area contributed by atoms with Crippen LogP contribution in [0.5, 0.6) is 5.75 Å². The van der Waals surface area contributed by atoms with Crippen molar-refractivity contribution in [3.8, 4) is 5.75 Å². The molecule has 0 aromatic heterocycles. The smallest absolute Gasteiger partial charge is 0.243 e. The standard InChI is InChI=1S/C16H24N2O3S/c1-21-14-5-7-15(8-6-14)22(19,20)18-11-3-2-4-13-12-17-10-9-16(13)18/h5-8,13,16-17H,2-4,9-12H2,1H3/t13-,16+/m0/s1. The van der Waals surface area contributed by atoms with Crippen LogP contribution in [0.3, 0.4) is 0 Å². The Morgan fingerprint density at radius 2 is 1.95 bits per heavy atom. The average molecular weight is 324 g/mol. The van der Waals surface area contributed by atoms with Gasteiger partial charge in [0.2, 0.25) is 10.0 Å². The molecule has 122 valence electrons. The summed E-state index contributed by atoms with van der Waals surface area (Å²) in [6, 6.07) is 6.86. The average Bonchev–Trinajstić information content (AvgIpc) is 2.77. The number of piperidine rings is 1. The van der Waals surface area contributed by atoms with Crippen LogP contribution < -0.4 is 10.1 Å². The van der Waals surface area contributed by atoms with Gasteiger partial charge in [0.05, 0.1) is 12.0 Å². The number of nitrogens with zero attached hydrogens (tertiary/aromatic N) is 1. The fourth-order valence-electron chi connectivity index (χ4n) is 3.60. The minimum Gasteiger partial charge on any atom is -0.497 e. The molecule has 3 rings (SSSR count). The van der Waals surface area contributed by atoms with Gasteiger partial charge in [0.1, 0.15) is 5.75 Å². The van der Waals surface area contributed by atoms with Gasteiger partial charge in [-0.2, -0.15) is 4.31 Å². The summed E-state index contributed by atoms with van der Waals surface area (Å²) in [4.78, 5) is 0.368. The van der Waals surface area contributed by atoms with Crippen LogP contribution in [-0.4, -0.2) is 45.5 Å². The largest absolute Gasteiger partial charge is 0.497 e. The van der Waals surface area contributed by atoms with Crippen molar-refractivity contribution in [2.45, 2.75) is 36.6 Å². The quantitative estimate of drug-likeness (QED) is 0.922. The van der Waals surface area contributed by atoms with Gasteiger partial charge in [-0.3, -0.25) is 0 Å². The topological polar surface area (TPSA) is 58.6 Å². The van der Waals surface area contributed by atoms with Crippen molar-refractivity contribution < 1.29 is 13.2 Å². The van der Waals surface area contributed by atoms with E-state index in [1.165, 1.54) is 0 Å². The molecular formula is C16H24N2O3S. The van der Waals surface area contributed by atoms with Crippen molar-refractivity contribution in [2.24, 2.45) is 5.92 Å². The fourth-order valence-corrected chi connectivity index (χ4v) is 5.36. The Hall–Kier alpha value is -1.11. The minimum absolute atomic E-state index is 0.135. The van der Waals surface area contributed by atoms with E-state index in [1.807, 2.05) is 0 Å². The first-order valence-corrected chi connectivity index (χ1v) is 9.43. The molecular weight excluding hydrogens is 300 g/mol. The molecule has 2 saturated heterocycles. The third kappa shape index (κ3) is 3.00. The van der Waals surface area contributed by atoms with Crippen LogP contribution in [-0.2, 0) is 10.0 Å². The van der Waals surface area contributed by atoms with Crippen molar-refractivity contribution in [3.05, 3.63) is 24.3 Å². The molecule has 2 heterocycles. The molecule has 0 radical (unpaired) electrons. The van der Waals surface area contributed by atoms with Crippen molar-refractivity contribution >= 4 is 10.0 Å². The Morgan fingerprint density at radius 1 is 1.18 bits per heavy atom. The molecule has 0 spiro atoms. The highest BCUT2D eigenvalue weighted by atomic mass is 32.2. The molecule has 1 aromatic carbocycles. The third-order valence-electron chi connectivity index (χ3n) is 4.81. The summed E-state index contributed by atoms with van der Waals surface area (Å²) in [6.07, 6.45) is 4.08. The van der Waals surface area contributed by atoms with Crippen LogP contribution in [0.4, 0.5) is 0 Å². The zero-order valence-electron chi connectivity index (χ0n) is 13.0. The highest BCUT2D eigenvalue weighted by molar-refractivity contribution is 7.89. The van der Waals surface area contributed by atoms with Gasteiger partial charge in [-0.25, -0.2) is 8.42 Å². The molecule has 0 saturated carbocycles. The van der Waals surface area contributed by atoms with Gasteiger partial charge in [-0.1, -0.05) is 6.42 Å². The number of fused-ring (bicyclic) bond motifs is 1. The van der Waals surface area contributed by atoms with Gasteiger partial charge < -0.3 is 10.1 Å². The SMILES string of the molecule is COc1ccc(S(=O)(=O)N2CCCC[C@H]3CNCC[C@H]32)cc1. The summed E-state index contributed by atoms with van der Waals surface area (Å²) >= 11 is 0. The molecule has 6 heteroatoms. The molecule has 2 atom stereocenters. The second-order valence-corrected chi connectivity index (χ2v) is 8.00. The summed E-state index contributed by atoms with van der Waals surface area (Å²) in [6.45, 7) is 2.46. The van der Waals surface area contributed by atoms with Gasteiger partial charge in [0.15, 0.2) is 0 Å². The monoisotopic (exact) mass is 324 g/mol. The zero-order valence-corrected chi connectivity index (χ0v) is 13.8. The predicted octanol–water partition coefficient (Wildman–Crippen LogP) is 1.85. The molecule has 1 N–H and O–H groups in total. The highest BCUT2D eigenvalue weighted by Gasteiger charge is 2.38. The summed E-state index contributed by atoms with van der Waals surface area (Å²) in [7, 11) is -1.85. The maximum absolute atomic E-state index is 13.1. The molecule has 0 bridgehead atoms. The first-order valence-electron chi connectivity index (χ1n) is 7.99. The lowest BCUT2D eigenvalue weighted by atomic mass is 9.90. The maximum Gasteiger partial charge on any atom is 0.243 e. The normalized spacial score (nSPS) is 27.0. The Kier molecular flexibility index (Phi) is 4.70. The lowest BCUT2D eigenvalue weighted by Gasteiger charge is -2.37. The predicted molar refractivity (Wildman–Crippen MR) is 85.5 cm³/mol. The van der Waals surface area contributed by atoms with E-state index in [9.17, 15) is 8.42 Å². The van der Waals surface area contributed by atoms with E-state index in [4.69, 9.17) is 4.74 Å². The van der Waals surface area contributed by atoms with Crippen molar-refractivity contribution in [1.82, 2.24) is 9.62 Å². The number of sulfonamides is 1.